The smallest absolute Gasteiger partial charge is 0.303 e. The number of aliphatic carboxylic acids is 1. The number of carboxylic acids is 1. The van der Waals surface area contributed by atoms with E-state index in [1.165, 1.54) is 0 Å². The Kier molecular flexibility index (Phi) is 5.02. The van der Waals surface area contributed by atoms with Crippen LogP contribution in [0, 0.1) is 5.41 Å². The third-order valence-corrected chi connectivity index (χ3v) is 4.95. The normalized spacial score (nSPS) is 30.4. The number of nitrogens with one attached hydrogen (secondary N) is 1. The van der Waals surface area contributed by atoms with Crippen LogP contribution in [0.1, 0.15) is 51.9 Å². The molecule has 114 valence electrons. The molecule has 2 aliphatic rings. The third kappa shape index (κ3) is 3.14. The molecule has 2 unspecified atom stereocenters. The van der Waals surface area contributed by atoms with Crippen LogP contribution in [0.25, 0.3) is 0 Å². The van der Waals surface area contributed by atoms with Crippen LogP contribution in [0.3, 0.4) is 0 Å². The molecule has 5 nitrogen and oxygen atoms in total. The third-order valence-electron chi connectivity index (χ3n) is 4.95. The van der Waals surface area contributed by atoms with Gasteiger partial charge in [0.25, 0.3) is 0 Å². The molecular formula is C15H26N2O3. The second-order valence-electron chi connectivity index (χ2n) is 6.14. The first-order valence-corrected chi connectivity index (χ1v) is 7.82. The van der Waals surface area contributed by atoms with Crippen molar-refractivity contribution in [2.75, 3.05) is 19.6 Å². The van der Waals surface area contributed by atoms with E-state index in [0.29, 0.717) is 6.42 Å². The Labute approximate surface area is 120 Å². The summed E-state index contributed by atoms with van der Waals surface area (Å²) in [5.41, 5.74) is -0.251. The lowest BCUT2D eigenvalue weighted by molar-refractivity contribution is -0.147. The molecule has 0 aromatic heterocycles. The number of nitrogens with zero attached hydrogens (tertiary/aromatic N) is 1. The van der Waals surface area contributed by atoms with Gasteiger partial charge in [-0.15, -0.1) is 0 Å². The number of amides is 1. The van der Waals surface area contributed by atoms with E-state index in [0.717, 1.165) is 51.7 Å². The summed E-state index contributed by atoms with van der Waals surface area (Å²) in [6.07, 6.45) is 5.62. The molecule has 2 saturated heterocycles. The molecule has 20 heavy (non-hydrogen) atoms. The molecular weight excluding hydrogens is 256 g/mol. The topological polar surface area (TPSA) is 69.6 Å². The van der Waals surface area contributed by atoms with Gasteiger partial charge in [0.05, 0.1) is 5.41 Å². The standard InChI is InChI=1S/C15H26N2O3/c1-2-15(8-9-16-11-15)14(20)17-10-4-3-5-12(17)6-7-13(18)19/h12,16H,2-11H2,1H3,(H,18,19). The van der Waals surface area contributed by atoms with E-state index < -0.39 is 5.97 Å². The predicted octanol–water partition coefficient (Wildman–Crippen LogP) is 1.62. The van der Waals surface area contributed by atoms with Crippen molar-refractivity contribution in [1.82, 2.24) is 10.2 Å². The quantitative estimate of drug-likeness (QED) is 0.804. The molecule has 2 N–H and O–H groups in total. The first kappa shape index (κ1) is 15.3. The van der Waals surface area contributed by atoms with Gasteiger partial charge < -0.3 is 15.3 Å². The van der Waals surface area contributed by atoms with Gasteiger partial charge >= 0.3 is 5.97 Å². The summed E-state index contributed by atoms with van der Waals surface area (Å²) in [6, 6.07) is 0.122. The number of carboxylic acid groups (broad SMARTS) is 1. The van der Waals surface area contributed by atoms with Crippen LogP contribution in [0.4, 0.5) is 0 Å². The summed E-state index contributed by atoms with van der Waals surface area (Å²) in [6.45, 7) is 4.56. The van der Waals surface area contributed by atoms with Gasteiger partial charge in [0.15, 0.2) is 0 Å². The van der Waals surface area contributed by atoms with Crippen molar-refractivity contribution in [3.8, 4) is 0 Å². The second-order valence-corrected chi connectivity index (χ2v) is 6.14. The first-order valence-electron chi connectivity index (χ1n) is 7.82. The molecule has 2 fully saturated rings. The molecule has 2 aliphatic heterocycles. The fourth-order valence-corrected chi connectivity index (χ4v) is 3.54. The minimum absolute atomic E-state index is 0.122. The number of hydrogen-bond acceptors (Lipinski definition) is 3. The lowest BCUT2D eigenvalue weighted by Crippen LogP contribution is -2.51. The van der Waals surface area contributed by atoms with Crippen molar-refractivity contribution in [2.45, 2.75) is 57.9 Å². The zero-order chi connectivity index (χ0) is 14.6. The Morgan fingerprint density at radius 2 is 2.20 bits per heavy atom. The Bertz CT molecular complexity index is 364. The van der Waals surface area contributed by atoms with Crippen LogP contribution in [0.5, 0.6) is 0 Å². The molecule has 0 spiro atoms. The molecule has 2 heterocycles. The van der Waals surface area contributed by atoms with Crippen LogP contribution in [0.15, 0.2) is 0 Å². The van der Waals surface area contributed by atoms with Crippen molar-refractivity contribution < 1.29 is 14.7 Å². The SMILES string of the molecule is CCC1(C(=O)N2CCCCC2CCC(=O)O)CCNC1. The Hall–Kier alpha value is -1.10. The van der Waals surface area contributed by atoms with Gasteiger partial charge in [-0.05, 0) is 45.1 Å². The Balaban J connectivity index is 2.06. The average Bonchev–Trinajstić information content (AvgIpc) is 2.94. The molecule has 0 radical (unpaired) electrons. The fourth-order valence-electron chi connectivity index (χ4n) is 3.54. The zero-order valence-electron chi connectivity index (χ0n) is 12.4. The number of carbonyl (C=O) groups is 2. The lowest BCUT2D eigenvalue weighted by Gasteiger charge is -2.41. The fraction of sp³-hybridized carbons (Fsp3) is 0.867. The molecule has 2 rings (SSSR count). The summed E-state index contributed by atoms with van der Waals surface area (Å²) in [4.78, 5) is 25.7. The Morgan fingerprint density at radius 1 is 1.40 bits per heavy atom. The number of rotatable bonds is 5. The Morgan fingerprint density at radius 3 is 2.80 bits per heavy atom. The minimum Gasteiger partial charge on any atom is -0.481 e. The van der Waals surface area contributed by atoms with Gasteiger partial charge in [-0.25, -0.2) is 0 Å². The van der Waals surface area contributed by atoms with Gasteiger partial charge in [-0.3, -0.25) is 9.59 Å². The average molecular weight is 282 g/mol. The van der Waals surface area contributed by atoms with E-state index >= 15 is 0 Å². The summed E-state index contributed by atoms with van der Waals surface area (Å²) in [7, 11) is 0. The predicted molar refractivity (Wildman–Crippen MR) is 76.4 cm³/mol. The van der Waals surface area contributed by atoms with Crippen molar-refractivity contribution in [2.24, 2.45) is 5.41 Å². The molecule has 0 bridgehead atoms. The van der Waals surface area contributed by atoms with Crippen molar-refractivity contribution in [3.63, 3.8) is 0 Å². The van der Waals surface area contributed by atoms with Crippen LogP contribution in [0.2, 0.25) is 0 Å². The molecule has 0 aliphatic carbocycles. The van der Waals surface area contributed by atoms with Crippen LogP contribution in [-0.2, 0) is 9.59 Å². The van der Waals surface area contributed by atoms with E-state index in [1.807, 2.05) is 4.90 Å². The minimum atomic E-state index is -0.768. The van der Waals surface area contributed by atoms with Crippen LogP contribution in [-0.4, -0.2) is 47.6 Å². The number of carbonyl (C=O) groups excluding carboxylic acids is 1. The summed E-state index contributed by atoms with van der Waals surface area (Å²) < 4.78 is 0. The van der Waals surface area contributed by atoms with E-state index in [4.69, 9.17) is 5.11 Å². The largest absolute Gasteiger partial charge is 0.481 e. The lowest BCUT2D eigenvalue weighted by atomic mass is 9.81. The van der Waals surface area contributed by atoms with Gasteiger partial charge in [-0.1, -0.05) is 6.92 Å². The monoisotopic (exact) mass is 282 g/mol. The highest BCUT2D eigenvalue weighted by Gasteiger charge is 2.44. The van der Waals surface area contributed by atoms with Crippen molar-refractivity contribution in [3.05, 3.63) is 0 Å². The van der Waals surface area contributed by atoms with Crippen molar-refractivity contribution in [1.29, 1.82) is 0 Å². The van der Waals surface area contributed by atoms with Gasteiger partial charge in [0, 0.05) is 25.6 Å². The number of piperidine rings is 1. The van der Waals surface area contributed by atoms with E-state index in [1.54, 1.807) is 0 Å². The first-order chi connectivity index (χ1) is 9.59. The molecule has 0 aromatic rings. The molecule has 1 amide bonds. The molecule has 2 atom stereocenters. The molecule has 0 saturated carbocycles. The zero-order valence-corrected chi connectivity index (χ0v) is 12.4. The van der Waals surface area contributed by atoms with Gasteiger partial charge in [-0.2, -0.15) is 0 Å². The van der Waals surface area contributed by atoms with E-state index in [2.05, 4.69) is 12.2 Å². The number of hydrogen-bond donors (Lipinski definition) is 2. The second kappa shape index (κ2) is 6.57. The molecule has 5 heteroatoms. The summed E-state index contributed by atoms with van der Waals surface area (Å²) in [5, 5.41) is 12.2. The highest BCUT2D eigenvalue weighted by molar-refractivity contribution is 5.84. The van der Waals surface area contributed by atoms with Gasteiger partial charge in [0.1, 0.15) is 0 Å². The maximum atomic E-state index is 12.9. The summed E-state index contributed by atoms with van der Waals surface area (Å²) in [5.74, 6) is -0.518. The van der Waals surface area contributed by atoms with E-state index in [9.17, 15) is 9.59 Å². The van der Waals surface area contributed by atoms with Gasteiger partial charge in [0.2, 0.25) is 5.91 Å². The highest BCUT2D eigenvalue weighted by atomic mass is 16.4. The van der Waals surface area contributed by atoms with Crippen LogP contribution < -0.4 is 5.32 Å². The maximum Gasteiger partial charge on any atom is 0.303 e. The van der Waals surface area contributed by atoms with Crippen LogP contribution >= 0.6 is 0 Å². The van der Waals surface area contributed by atoms with Crippen molar-refractivity contribution >= 4 is 11.9 Å². The molecule has 0 aromatic carbocycles. The van der Waals surface area contributed by atoms with E-state index in [-0.39, 0.29) is 23.8 Å². The number of likely N-dealkylation sites (tertiary alicyclic amines) is 1. The maximum absolute atomic E-state index is 12.9. The highest BCUT2D eigenvalue weighted by Crippen LogP contribution is 2.34. The summed E-state index contributed by atoms with van der Waals surface area (Å²) >= 11 is 0.